The topological polar surface area (TPSA) is 53.1 Å². The van der Waals surface area contributed by atoms with Gasteiger partial charge in [-0.2, -0.15) is 0 Å². The number of nitrogens with one attached hydrogen (secondary N) is 1. The minimum Gasteiger partial charge on any atom is -0.504 e. The molecule has 0 spiro atoms. The van der Waals surface area contributed by atoms with Crippen molar-refractivity contribution < 1.29 is 9.90 Å². The second-order valence-corrected chi connectivity index (χ2v) is 3.23. The quantitative estimate of drug-likeness (QED) is 0.636. The van der Waals surface area contributed by atoms with Crippen LogP contribution in [-0.2, 0) is 0 Å². The van der Waals surface area contributed by atoms with Gasteiger partial charge in [0.1, 0.15) is 4.88 Å². The summed E-state index contributed by atoms with van der Waals surface area (Å²) in [6, 6.07) is 1.83. The SMILES string of the molecule is O=Cc1sc2cc[nH]c2c1O. The van der Waals surface area contributed by atoms with E-state index in [1.807, 2.05) is 6.07 Å². The van der Waals surface area contributed by atoms with Gasteiger partial charge in [0, 0.05) is 6.20 Å². The summed E-state index contributed by atoms with van der Waals surface area (Å²) in [7, 11) is 0. The van der Waals surface area contributed by atoms with Crippen LogP contribution in [0.1, 0.15) is 9.67 Å². The van der Waals surface area contributed by atoms with E-state index in [1.165, 1.54) is 11.3 Å². The second kappa shape index (κ2) is 2.10. The summed E-state index contributed by atoms with van der Waals surface area (Å²) in [5, 5.41) is 9.33. The molecule has 2 rings (SSSR count). The maximum atomic E-state index is 10.3. The molecular weight excluding hydrogens is 162 g/mol. The summed E-state index contributed by atoms with van der Waals surface area (Å²) in [5.74, 6) is 0.0602. The Bertz CT molecular complexity index is 401. The van der Waals surface area contributed by atoms with Gasteiger partial charge in [-0.15, -0.1) is 11.3 Å². The van der Waals surface area contributed by atoms with Gasteiger partial charge in [0.25, 0.3) is 0 Å². The van der Waals surface area contributed by atoms with Gasteiger partial charge in [0.15, 0.2) is 12.0 Å². The van der Waals surface area contributed by atoms with E-state index in [0.29, 0.717) is 16.7 Å². The number of hydrogen-bond acceptors (Lipinski definition) is 3. The molecule has 56 valence electrons. The molecule has 0 aliphatic rings. The molecule has 2 aromatic heterocycles. The zero-order valence-corrected chi connectivity index (χ0v) is 6.31. The van der Waals surface area contributed by atoms with Gasteiger partial charge in [-0.05, 0) is 6.07 Å². The number of aromatic nitrogens is 1. The molecule has 0 bridgehead atoms. The maximum Gasteiger partial charge on any atom is 0.163 e. The van der Waals surface area contributed by atoms with E-state index in [4.69, 9.17) is 0 Å². The molecule has 0 aromatic carbocycles. The van der Waals surface area contributed by atoms with Crippen LogP contribution in [0.4, 0.5) is 0 Å². The summed E-state index contributed by atoms with van der Waals surface area (Å²) in [4.78, 5) is 13.6. The first-order valence-electron chi connectivity index (χ1n) is 3.07. The zero-order valence-electron chi connectivity index (χ0n) is 5.50. The van der Waals surface area contributed by atoms with E-state index in [0.717, 1.165) is 4.70 Å². The van der Waals surface area contributed by atoms with Crippen LogP contribution < -0.4 is 0 Å². The van der Waals surface area contributed by atoms with Gasteiger partial charge >= 0.3 is 0 Å². The zero-order chi connectivity index (χ0) is 7.84. The Morgan fingerprint density at radius 3 is 3.09 bits per heavy atom. The number of H-pyrrole nitrogens is 1. The molecule has 4 heteroatoms. The number of carbonyl (C=O) groups excluding carboxylic acids is 1. The summed E-state index contributed by atoms with van der Waals surface area (Å²) in [6.45, 7) is 0. The van der Waals surface area contributed by atoms with Crippen LogP contribution in [0.5, 0.6) is 5.75 Å². The Hall–Kier alpha value is -1.29. The van der Waals surface area contributed by atoms with Gasteiger partial charge in [0.2, 0.25) is 0 Å². The van der Waals surface area contributed by atoms with E-state index in [-0.39, 0.29) is 5.75 Å². The number of rotatable bonds is 1. The number of aromatic amines is 1. The summed E-state index contributed by atoms with van der Waals surface area (Å²) < 4.78 is 0.907. The van der Waals surface area contributed by atoms with Gasteiger partial charge in [-0.3, -0.25) is 4.79 Å². The highest BCUT2D eigenvalue weighted by molar-refractivity contribution is 7.20. The summed E-state index contributed by atoms with van der Waals surface area (Å²) >= 11 is 1.28. The largest absolute Gasteiger partial charge is 0.504 e. The van der Waals surface area contributed by atoms with Crippen molar-refractivity contribution in [2.24, 2.45) is 0 Å². The molecule has 2 aromatic rings. The van der Waals surface area contributed by atoms with Crippen molar-refractivity contribution in [1.82, 2.24) is 4.98 Å². The average Bonchev–Trinajstić information content (AvgIpc) is 2.53. The summed E-state index contributed by atoms with van der Waals surface area (Å²) in [5.41, 5.74) is 0.650. The molecule has 0 unspecified atom stereocenters. The maximum absolute atomic E-state index is 10.3. The van der Waals surface area contributed by atoms with Crippen molar-refractivity contribution >= 4 is 27.8 Å². The van der Waals surface area contributed by atoms with Crippen LogP contribution in [0, 0.1) is 0 Å². The van der Waals surface area contributed by atoms with Crippen LogP contribution in [0.3, 0.4) is 0 Å². The normalized spacial score (nSPS) is 10.5. The lowest BCUT2D eigenvalue weighted by Gasteiger charge is -1.83. The Labute approximate surface area is 66.3 Å². The fraction of sp³-hybridized carbons (Fsp3) is 0. The fourth-order valence-electron chi connectivity index (χ4n) is 0.995. The van der Waals surface area contributed by atoms with E-state index >= 15 is 0 Å². The first-order valence-corrected chi connectivity index (χ1v) is 3.88. The van der Waals surface area contributed by atoms with E-state index in [2.05, 4.69) is 4.98 Å². The van der Waals surface area contributed by atoms with Gasteiger partial charge in [-0.25, -0.2) is 0 Å². The smallest absolute Gasteiger partial charge is 0.163 e. The van der Waals surface area contributed by atoms with Crippen molar-refractivity contribution in [2.45, 2.75) is 0 Å². The third kappa shape index (κ3) is 0.760. The lowest BCUT2D eigenvalue weighted by molar-refractivity contribution is 0.112. The fourth-order valence-corrected chi connectivity index (χ4v) is 1.87. The minimum absolute atomic E-state index is 0.0602. The molecule has 0 fully saturated rings. The standard InChI is InChI=1S/C7H5NO2S/c9-3-5-7(10)6-4(11-5)1-2-8-6/h1-3,8,10H. The molecule has 0 saturated heterocycles. The predicted molar refractivity (Wildman–Crippen MR) is 43.2 cm³/mol. The van der Waals surface area contributed by atoms with Crippen molar-refractivity contribution in [3.8, 4) is 5.75 Å². The van der Waals surface area contributed by atoms with E-state index in [1.54, 1.807) is 6.20 Å². The van der Waals surface area contributed by atoms with Crippen LogP contribution in [-0.4, -0.2) is 16.4 Å². The van der Waals surface area contributed by atoms with Crippen LogP contribution in [0.25, 0.3) is 10.2 Å². The first-order chi connectivity index (χ1) is 5.33. The molecule has 0 aliphatic heterocycles. The number of carbonyl (C=O) groups is 1. The van der Waals surface area contributed by atoms with Crippen LogP contribution in [0.2, 0.25) is 0 Å². The molecule has 0 radical (unpaired) electrons. The lowest BCUT2D eigenvalue weighted by atomic mass is 10.4. The first kappa shape index (κ1) is 6.42. The molecule has 0 amide bonds. The number of hydrogen-bond donors (Lipinski definition) is 2. The van der Waals surface area contributed by atoms with Crippen molar-refractivity contribution in [1.29, 1.82) is 0 Å². The molecule has 0 aliphatic carbocycles. The average molecular weight is 167 g/mol. The minimum atomic E-state index is 0.0602. The molecule has 11 heavy (non-hydrogen) atoms. The number of fused-ring (bicyclic) bond motifs is 1. The molecule has 2 heterocycles. The van der Waals surface area contributed by atoms with E-state index < -0.39 is 0 Å². The van der Waals surface area contributed by atoms with Gasteiger partial charge in [-0.1, -0.05) is 0 Å². The van der Waals surface area contributed by atoms with Gasteiger partial charge < -0.3 is 10.1 Å². The molecule has 0 atom stereocenters. The highest BCUT2D eigenvalue weighted by Crippen LogP contribution is 2.34. The lowest BCUT2D eigenvalue weighted by Crippen LogP contribution is -1.69. The van der Waals surface area contributed by atoms with Crippen molar-refractivity contribution in [3.63, 3.8) is 0 Å². The second-order valence-electron chi connectivity index (χ2n) is 2.15. The Morgan fingerprint density at radius 1 is 1.64 bits per heavy atom. The van der Waals surface area contributed by atoms with Crippen LogP contribution in [0.15, 0.2) is 12.3 Å². The highest BCUT2D eigenvalue weighted by Gasteiger charge is 2.09. The Balaban J connectivity index is 2.86. The number of aldehydes is 1. The van der Waals surface area contributed by atoms with Crippen molar-refractivity contribution in [2.75, 3.05) is 0 Å². The molecular formula is C7H5NO2S. The third-order valence-electron chi connectivity index (χ3n) is 1.51. The van der Waals surface area contributed by atoms with Crippen LogP contribution >= 0.6 is 11.3 Å². The molecule has 2 N–H and O–H groups in total. The summed E-state index contributed by atoms with van der Waals surface area (Å²) in [6.07, 6.45) is 2.39. The van der Waals surface area contributed by atoms with Crippen molar-refractivity contribution in [3.05, 3.63) is 17.1 Å². The van der Waals surface area contributed by atoms with Gasteiger partial charge in [0.05, 0.1) is 10.2 Å². The third-order valence-corrected chi connectivity index (χ3v) is 2.58. The molecule has 3 nitrogen and oxygen atoms in total. The number of aromatic hydroxyl groups is 1. The highest BCUT2D eigenvalue weighted by atomic mass is 32.1. The molecule has 0 saturated carbocycles. The Kier molecular flexibility index (Phi) is 1.22. The monoisotopic (exact) mass is 167 g/mol. The Morgan fingerprint density at radius 2 is 2.45 bits per heavy atom. The van der Waals surface area contributed by atoms with E-state index in [9.17, 15) is 9.90 Å². The number of thiophene rings is 1. The predicted octanol–water partition coefficient (Wildman–Crippen LogP) is 1.75.